The molecule has 0 aliphatic carbocycles. The average Bonchev–Trinajstić information content (AvgIpc) is 2.05. The largest absolute Gasteiger partial charge is 0.384 e. The quantitative estimate of drug-likeness (QED) is 0.719. The number of aryl methyl sites for hydroxylation is 1. The fraction of sp³-hybridized carbons (Fsp3) is 0.400. The van der Waals surface area contributed by atoms with Gasteiger partial charge in [0.15, 0.2) is 0 Å². The van der Waals surface area contributed by atoms with Gasteiger partial charge in [-0.15, -0.1) is 11.8 Å². The van der Waals surface area contributed by atoms with Crippen molar-refractivity contribution in [2.75, 3.05) is 18.1 Å². The molecule has 0 aliphatic rings. The third kappa shape index (κ3) is 2.18. The maximum Gasteiger partial charge on any atom is 0.0480 e. The lowest BCUT2D eigenvalue weighted by Crippen LogP contribution is -1.98. The monoisotopic (exact) mass is 181 g/mol. The number of benzene rings is 1. The van der Waals surface area contributed by atoms with Crippen LogP contribution in [0.4, 0.5) is 5.69 Å². The minimum absolute atomic E-state index is 0.983. The second kappa shape index (κ2) is 4.41. The molecule has 0 bridgehead atoms. The van der Waals surface area contributed by atoms with Crippen molar-refractivity contribution in [1.82, 2.24) is 0 Å². The van der Waals surface area contributed by atoms with E-state index in [1.165, 1.54) is 16.1 Å². The maximum atomic E-state index is 3.35. The number of hydrogen-bond donors (Lipinski definition) is 1. The van der Waals surface area contributed by atoms with Gasteiger partial charge in [-0.2, -0.15) is 0 Å². The summed E-state index contributed by atoms with van der Waals surface area (Å²) in [6.45, 7) is 5.22. The molecule has 0 amide bonds. The van der Waals surface area contributed by atoms with E-state index in [4.69, 9.17) is 0 Å². The molecule has 2 heteroatoms. The van der Waals surface area contributed by atoms with E-state index < -0.39 is 0 Å². The topological polar surface area (TPSA) is 12.0 Å². The predicted molar refractivity (Wildman–Crippen MR) is 57.1 cm³/mol. The molecule has 0 spiro atoms. The molecule has 1 aromatic rings. The predicted octanol–water partition coefficient (Wildman–Crippen LogP) is 3.15. The van der Waals surface area contributed by atoms with Crippen LogP contribution in [0, 0.1) is 6.92 Å². The van der Waals surface area contributed by atoms with Crippen LogP contribution in [0.15, 0.2) is 23.1 Å². The molecular weight excluding hydrogens is 166 g/mol. The second-order valence-corrected chi connectivity index (χ2v) is 3.58. The summed E-state index contributed by atoms with van der Waals surface area (Å²) in [5.74, 6) is 0. The lowest BCUT2D eigenvalue weighted by molar-refractivity contribution is 1.18. The lowest BCUT2D eigenvalue weighted by Gasteiger charge is -2.08. The second-order valence-electron chi connectivity index (χ2n) is 2.73. The van der Waals surface area contributed by atoms with Crippen LogP contribution in [0.3, 0.4) is 0 Å². The van der Waals surface area contributed by atoms with Crippen LogP contribution in [0.25, 0.3) is 0 Å². The Morgan fingerprint density at radius 1 is 1.42 bits per heavy atom. The lowest BCUT2D eigenvalue weighted by atomic mass is 10.2. The first kappa shape index (κ1) is 9.46. The van der Waals surface area contributed by atoms with Gasteiger partial charge < -0.3 is 5.32 Å². The summed E-state index contributed by atoms with van der Waals surface area (Å²) in [5.41, 5.74) is 2.56. The third-order valence-electron chi connectivity index (χ3n) is 1.72. The van der Waals surface area contributed by atoms with E-state index in [2.05, 4.69) is 43.6 Å². The fourth-order valence-corrected chi connectivity index (χ4v) is 1.71. The van der Waals surface area contributed by atoms with Crippen molar-refractivity contribution >= 4 is 17.4 Å². The highest BCUT2D eigenvalue weighted by molar-refractivity contribution is 7.98. The first-order valence-corrected chi connectivity index (χ1v) is 5.39. The molecule has 1 aromatic carbocycles. The molecule has 0 aliphatic heterocycles. The van der Waals surface area contributed by atoms with Crippen molar-refractivity contribution in [1.29, 1.82) is 0 Å². The maximum absolute atomic E-state index is 3.35. The van der Waals surface area contributed by atoms with Gasteiger partial charge in [-0.1, -0.05) is 6.07 Å². The van der Waals surface area contributed by atoms with E-state index >= 15 is 0 Å². The minimum Gasteiger partial charge on any atom is -0.384 e. The molecule has 0 heterocycles. The van der Waals surface area contributed by atoms with E-state index in [-0.39, 0.29) is 0 Å². The van der Waals surface area contributed by atoms with Crippen molar-refractivity contribution in [2.45, 2.75) is 18.7 Å². The van der Waals surface area contributed by atoms with E-state index in [9.17, 15) is 0 Å². The molecule has 0 unspecified atom stereocenters. The van der Waals surface area contributed by atoms with Gasteiger partial charge in [-0.3, -0.25) is 0 Å². The van der Waals surface area contributed by atoms with Crippen molar-refractivity contribution in [2.24, 2.45) is 0 Å². The summed E-state index contributed by atoms with van der Waals surface area (Å²) in [6, 6.07) is 6.50. The summed E-state index contributed by atoms with van der Waals surface area (Å²) in [6.07, 6.45) is 2.10. The number of thioether (sulfide) groups is 1. The Morgan fingerprint density at radius 2 is 2.17 bits per heavy atom. The Morgan fingerprint density at radius 3 is 2.75 bits per heavy atom. The van der Waals surface area contributed by atoms with Gasteiger partial charge >= 0.3 is 0 Å². The number of rotatable bonds is 3. The average molecular weight is 181 g/mol. The van der Waals surface area contributed by atoms with Crippen LogP contribution >= 0.6 is 11.8 Å². The Hall–Kier alpha value is -0.630. The first-order valence-electron chi connectivity index (χ1n) is 4.16. The third-order valence-corrected chi connectivity index (χ3v) is 2.52. The Labute approximate surface area is 78.6 Å². The highest BCUT2D eigenvalue weighted by Crippen LogP contribution is 2.25. The van der Waals surface area contributed by atoms with E-state index in [0.717, 1.165) is 6.54 Å². The number of anilines is 1. The van der Waals surface area contributed by atoms with Crippen LogP contribution in [-0.2, 0) is 0 Å². The molecule has 66 valence electrons. The zero-order valence-corrected chi connectivity index (χ0v) is 8.66. The van der Waals surface area contributed by atoms with Crippen molar-refractivity contribution < 1.29 is 0 Å². The van der Waals surface area contributed by atoms with Gasteiger partial charge in [0, 0.05) is 17.1 Å². The normalized spacial score (nSPS) is 9.92. The molecule has 0 aromatic heterocycles. The number of hydrogen-bond acceptors (Lipinski definition) is 2. The summed E-state index contributed by atoms with van der Waals surface area (Å²) >= 11 is 1.78. The van der Waals surface area contributed by atoms with Crippen LogP contribution < -0.4 is 5.32 Å². The molecule has 0 atom stereocenters. The minimum atomic E-state index is 0.983. The van der Waals surface area contributed by atoms with E-state index in [1.807, 2.05) is 0 Å². The SMILES string of the molecule is CCNc1cc(C)ccc1SC. The van der Waals surface area contributed by atoms with Gasteiger partial charge in [0.2, 0.25) is 0 Å². The van der Waals surface area contributed by atoms with Crippen molar-refractivity contribution in [3.63, 3.8) is 0 Å². The molecular formula is C10H15NS. The Bertz CT molecular complexity index is 258. The van der Waals surface area contributed by atoms with E-state index in [1.54, 1.807) is 11.8 Å². The zero-order chi connectivity index (χ0) is 8.97. The molecule has 1 nitrogen and oxygen atoms in total. The number of nitrogens with one attached hydrogen (secondary N) is 1. The highest BCUT2D eigenvalue weighted by atomic mass is 32.2. The molecule has 1 rings (SSSR count). The van der Waals surface area contributed by atoms with Crippen LogP contribution in [0.2, 0.25) is 0 Å². The van der Waals surface area contributed by atoms with Crippen LogP contribution in [0.5, 0.6) is 0 Å². The summed E-state index contributed by atoms with van der Waals surface area (Å²) in [4.78, 5) is 1.32. The van der Waals surface area contributed by atoms with Gasteiger partial charge in [-0.05, 0) is 37.8 Å². The van der Waals surface area contributed by atoms with Gasteiger partial charge in [0.1, 0.15) is 0 Å². The first-order chi connectivity index (χ1) is 5.77. The standard InChI is InChI=1S/C10H15NS/c1-4-11-9-7-8(2)5-6-10(9)12-3/h5-7,11H,4H2,1-3H3. The summed E-state index contributed by atoms with van der Waals surface area (Å²) < 4.78 is 0. The van der Waals surface area contributed by atoms with Crippen molar-refractivity contribution in [3.8, 4) is 0 Å². The fourth-order valence-electron chi connectivity index (χ4n) is 1.15. The molecule has 12 heavy (non-hydrogen) atoms. The zero-order valence-electron chi connectivity index (χ0n) is 7.85. The smallest absolute Gasteiger partial charge is 0.0480 e. The highest BCUT2D eigenvalue weighted by Gasteiger charge is 1.98. The Balaban J connectivity index is 2.95. The molecule has 0 fully saturated rings. The Kier molecular flexibility index (Phi) is 3.48. The van der Waals surface area contributed by atoms with Crippen LogP contribution in [-0.4, -0.2) is 12.8 Å². The van der Waals surface area contributed by atoms with Crippen molar-refractivity contribution in [3.05, 3.63) is 23.8 Å². The molecule has 0 saturated heterocycles. The van der Waals surface area contributed by atoms with Gasteiger partial charge in [0.05, 0.1) is 0 Å². The molecule has 0 saturated carbocycles. The van der Waals surface area contributed by atoms with Gasteiger partial charge in [0.25, 0.3) is 0 Å². The molecule has 1 N–H and O–H groups in total. The molecule has 0 radical (unpaired) electrons. The van der Waals surface area contributed by atoms with Gasteiger partial charge in [-0.25, -0.2) is 0 Å². The van der Waals surface area contributed by atoms with Crippen LogP contribution in [0.1, 0.15) is 12.5 Å². The van der Waals surface area contributed by atoms with E-state index in [0.29, 0.717) is 0 Å². The summed E-state index contributed by atoms with van der Waals surface area (Å²) in [7, 11) is 0. The summed E-state index contributed by atoms with van der Waals surface area (Å²) in [5, 5.41) is 3.35.